The molecule has 3 rings (SSSR count). The van der Waals surface area contributed by atoms with E-state index in [4.69, 9.17) is 11.6 Å². The molecular formula is C29H33ClFN3O4S. The van der Waals surface area contributed by atoms with Gasteiger partial charge >= 0.3 is 0 Å². The molecule has 0 aromatic heterocycles. The van der Waals surface area contributed by atoms with Gasteiger partial charge in [0.1, 0.15) is 18.4 Å². The molecule has 0 saturated carbocycles. The number of amides is 2. The summed E-state index contributed by atoms with van der Waals surface area (Å²) < 4.78 is 40.4. The van der Waals surface area contributed by atoms with E-state index in [0.29, 0.717) is 34.8 Å². The van der Waals surface area contributed by atoms with E-state index in [1.165, 1.54) is 29.2 Å². The van der Waals surface area contributed by atoms with Crippen LogP contribution >= 0.6 is 11.6 Å². The summed E-state index contributed by atoms with van der Waals surface area (Å²) in [5, 5.41) is 3.31. The highest BCUT2D eigenvalue weighted by Crippen LogP contribution is 2.26. The number of sulfonamides is 1. The van der Waals surface area contributed by atoms with Crippen LogP contribution < -0.4 is 9.62 Å². The lowest BCUT2D eigenvalue weighted by atomic mass is 10.0. The molecule has 0 aliphatic carbocycles. The van der Waals surface area contributed by atoms with E-state index in [2.05, 4.69) is 5.32 Å². The highest BCUT2D eigenvalue weighted by atomic mass is 35.5. The molecular weight excluding hydrogens is 541 g/mol. The maximum absolute atomic E-state index is 14.0. The van der Waals surface area contributed by atoms with Crippen molar-refractivity contribution in [1.29, 1.82) is 0 Å². The van der Waals surface area contributed by atoms with E-state index in [1.54, 1.807) is 25.1 Å². The average Bonchev–Trinajstić information content (AvgIpc) is 2.89. The molecule has 2 amide bonds. The van der Waals surface area contributed by atoms with E-state index in [-0.39, 0.29) is 18.9 Å². The zero-order chi connectivity index (χ0) is 28.6. The van der Waals surface area contributed by atoms with Gasteiger partial charge in [0.2, 0.25) is 21.8 Å². The summed E-state index contributed by atoms with van der Waals surface area (Å²) in [5.74, 6) is -1.36. The molecule has 0 radical (unpaired) electrons. The highest BCUT2D eigenvalue weighted by molar-refractivity contribution is 7.92. The van der Waals surface area contributed by atoms with Crippen LogP contribution in [0.5, 0.6) is 0 Å². The van der Waals surface area contributed by atoms with Crippen LogP contribution in [0.3, 0.4) is 0 Å². The molecule has 0 bridgehead atoms. The van der Waals surface area contributed by atoms with Gasteiger partial charge in [-0.3, -0.25) is 13.9 Å². The van der Waals surface area contributed by atoms with Crippen molar-refractivity contribution in [2.75, 3.05) is 23.7 Å². The van der Waals surface area contributed by atoms with Gasteiger partial charge in [0.05, 0.1) is 11.9 Å². The van der Waals surface area contributed by atoms with Crippen LogP contribution in [-0.4, -0.2) is 50.5 Å². The van der Waals surface area contributed by atoms with Crippen LogP contribution in [0.1, 0.15) is 30.0 Å². The Hall–Kier alpha value is -3.43. The molecule has 0 spiro atoms. The molecule has 3 aromatic rings. The molecule has 0 fully saturated rings. The van der Waals surface area contributed by atoms with E-state index >= 15 is 0 Å². The molecule has 0 saturated heterocycles. The van der Waals surface area contributed by atoms with Crippen LogP contribution in [0.15, 0.2) is 72.8 Å². The summed E-state index contributed by atoms with van der Waals surface area (Å²) in [6.07, 6.45) is 1.93. The third kappa shape index (κ3) is 8.53. The monoisotopic (exact) mass is 573 g/mol. The minimum atomic E-state index is -3.89. The lowest BCUT2D eigenvalue weighted by Crippen LogP contribution is -2.53. The second-order valence-electron chi connectivity index (χ2n) is 9.35. The van der Waals surface area contributed by atoms with Gasteiger partial charge in [-0.15, -0.1) is 0 Å². The number of aryl methyl sites for hydroxylation is 1. The number of carbonyl (C=O) groups is 2. The number of anilines is 1. The zero-order valence-electron chi connectivity index (χ0n) is 22.2. The van der Waals surface area contributed by atoms with Crippen molar-refractivity contribution < 1.29 is 22.4 Å². The lowest BCUT2D eigenvalue weighted by molar-refractivity contribution is -0.140. The summed E-state index contributed by atoms with van der Waals surface area (Å²) in [6.45, 7) is 3.49. The van der Waals surface area contributed by atoms with Crippen molar-refractivity contribution in [3.63, 3.8) is 0 Å². The van der Waals surface area contributed by atoms with E-state index in [1.807, 2.05) is 37.3 Å². The maximum atomic E-state index is 14.0. The van der Waals surface area contributed by atoms with Crippen molar-refractivity contribution in [3.05, 3.63) is 100 Å². The first kappa shape index (κ1) is 30.1. The van der Waals surface area contributed by atoms with Crippen molar-refractivity contribution in [3.8, 4) is 0 Å². The topological polar surface area (TPSA) is 86.8 Å². The molecule has 0 unspecified atom stereocenters. The van der Waals surface area contributed by atoms with Crippen molar-refractivity contribution in [1.82, 2.24) is 10.2 Å². The first-order valence-electron chi connectivity index (χ1n) is 12.6. The van der Waals surface area contributed by atoms with Gasteiger partial charge in [-0.25, -0.2) is 12.8 Å². The van der Waals surface area contributed by atoms with Crippen LogP contribution in [-0.2, 0) is 32.6 Å². The van der Waals surface area contributed by atoms with Crippen molar-refractivity contribution in [2.24, 2.45) is 0 Å². The molecule has 10 heteroatoms. The molecule has 3 aromatic carbocycles. The normalized spacial score (nSPS) is 12.0. The third-order valence-electron chi connectivity index (χ3n) is 6.19. The van der Waals surface area contributed by atoms with E-state index in [9.17, 15) is 22.4 Å². The zero-order valence-corrected chi connectivity index (χ0v) is 23.8. The summed E-state index contributed by atoms with van der Waals surface area (Å²) >= 11 is 6.07. The maximum Gasteiger partial charge on any atom is 0.244 e. The van der Waals surface area contributed by atoms with Crippen LogP contribution in [0, 0.1) is 12.7 Å². The summed E-state index contributed by atoms with van der Waals surface area (Å²) in [5.41, 5.74) is 2.32. The Bertz CT molecular complexity index is 1390. The number of halogens is 2. The van der Waals surface area contributed by atoms with Crippen molar-refractivity contribution >= 4 is 39.1 Å². The predicted octanol–water partition coefficient (Wildman–Crippen LogP) is 4.72. The van der Waals surface area contributed by atoms with Crippen molar-refractivity contribution in [2.45, 2.75) is 39.3 Å². The standard InChI is InChI=1S/C29H33ClFN3O4S/c1-4-16-32-29(36)27(18-22-8-6-5-7-9-22)33(19-23-10-13-25(31)14-11-23)28(35)20-34(39(3,37)38)26-15-12-24(30)17-21(26)2/h5-15,17,27H,4,16,18-20H2,1-3H3,(H,32,36)/t27-/m1/s1. The van der Waals surface area contributed by atoms with Gasteiger partial charge in [0.15, 0.2) is 0 Å². The quantitative estimate of drug-likeness (QED) is 0.340. The first-order valence-corrected chi connectivity index (χ1v) is 14.8. The molecule has 208 valence electrons. The Kier molecular flexibility index (Phi) is 10.5. The number of rotatable bonds is 12. The summed E-state index contributed by atoms with van der Waals surface area (Å²) in [6, 6.07) is 18.7. The van der Waals surface area contributed by atoms with E-state index in [0.717, 1.165) is 16.1 Å². The molecule has 1 atom stereocenters. The average molecular weight is 574 g/mol. The number of nitrogens with zero attached hydrogens (tertiary/aromatic N) is 2. The SMILES string of the molecule is CCCNC(=O)[C@@H](Cc1ccccc1)N(Cc1ccc(F)cc1)C(=O)CN(c1ccc(Cl)cc1C)S(C)(=O)=O. The predicted molar refractivity (Wildman–Crippen MR) is 153 cm³/mol. The van der Waals surface area contributed by atoms with Gasteiger partial charge in [-0.2, -0.15) is 0 Å². The van der Waals surface area contributed by atoms with Crippen LogP contribution in [0.4, 0.5) is 10.1 Å². The molecule has 0 aliphatic rings. The lowest BCUT2D eigenvalue weighted by Gasteiger charge is -2.33. The van der Waals surface area contributed by atoms with E-state index < -0.39 is 34.3 Å². The summed E-state index contributed by atoms with van der Waals surface area (Å²) in [7, 11) is -3.89. The van der Waals surface area contributed by atoms with Gasteiger partial charge < -0.3 is 10.2 Å². The molecule has 0 heterocycles. The number of benzene rings is 3. The molecule has 1 N–H and O–H groups in total. The van der Waals surface area contributed by atoms with Gasteiger partial charge in [0, 0.05) is 24.5 Å². The second-order valence-corrected chi connectivity index (χ2v) is 11.7. The highest BCUT2D eigenvalue weighted by Gasteiger charge is 2.33. The number of nitrogens with one attached hydrogen (secondary N) is 1. The largest absolute Gasteiger partial charge is 0.354 e. The van der Waals surface area contributed by atoms with Crippen LogP contribution in [0.25, 0.3) is 0 Å². The van der Waals surface area contributed by atoms with Gasteiger partial charge in [-0.1, -0.05) is 61.0 Å². The molecule has 0 aliphatic heterocycles. The fourth-order valence-electron chi connectivity index (χ4n) is 4.20. The van der Waals surface area contributed by atoms with Gasteiger partial charge in [0.25, 0.3) is 0 Å². The Labute approximate surface area is 234 Å². The second kappa shape index (κ2) is 13.6. The smallest absolute Gasteiger partial charge is 0.244 e. The first-order chi connectivity index (χ1) is 18.5. The fraction of sp³-hybridized carbons (Fsp3) is 0.310. The number of carbonyl (C=O) groups excluding carboxylic acids is 2. The Morgan fingerprint density at radius 3 is 2.26 bits per heavy atom. The van der Waals surface area contributed by atoms with Gasteiger partial charge in [-0.05, 0) is 60.4 Å². The summed E-state index contributed by atoms with van der Waals surface area (Å²) in [4.78, 5) is 28.8. The molecule has 39 heavy (non-hydrogen) atoms. The third-order valence-corrected chi connectivity index (χ3v) is 7.55. The Balaban J connectivity index is 2.05. The number of hydrogen-bond donors (Lipinski definition) is 1. The number of hydrogen-bond acceptors (Lipinski definition) is 4. The minimum Gasteiger partial charge on any atom is -0.354 e. The molecule has 7 nitrogen and oxygen atoms in total. The Morgan fingerprint density at radius 2 is 1.67 bits per heavy atom. The fourth-order valence-corrected chi connectivity index (χ4v) is 5.33. The Morgan fingerprint density at radius 1 is 1.00 bits per heavy atom. The van der Waals surface area contributed by atoms with Crippen LogP contribution in [0.2, 0.25) is 5.02 Å². The minimum absolute atomic E-state index is 0.0205.